The van der Waals surface area contributed by atoms with E-state index >= 15 is 0 Å². The van der Waals surface area contributed by atoms with Crippen LogP contribution in [0.2, 0.25) is 0 Å². The number of nitrogens with one attached hydrogen (secondary N) is 1. The van der Waals surface area contributed by atoms with E-state index in [9.17, 15) is 9.59 Å². The Morgan fingerprint density at radius 2 is 1.87 bits per heavy atom. The highest BCUT2D eigenvalue weighted by atomic mass is 16.5. The summed E-state index contributed by atoms with van der Waals surface area (Å²) in [6.07, 6.45) is 1.33. The molecule has 3 rings (SSSR count). The minimum Gasteiger partial charge on any atom is -0.467 e. The highest BCUT2D eigenvalue weighted by Gasteiger charge is 2.22. The Kier molecular flexibility index (Phi) is 4.15. The molecule has 0 spiro atoms. The molecule has 1 amide bonds. The Bertz CT molecular complexity index is 767. The smallest absolute Gasteiger partial charge is 0.328 e. The van der Waals surface area contributed by atoms with Gasteiger partial charge in [-0.1, -0.05) is 42.5 Å². The second-order valence-electron chi connectivity index (χ2n) is 5.81. The fraction of sp³-hybridized carbons (Fsp3) is 0.263. The Morgan fingerprint density at radius 3 is 2.61 bits per heavy atom. The summed E-state index contributed by atoms with van der Waals surface area (Å²) in [5.41, 5.74) is 6.13. The molecule has 0 saturated carbocycles. The molecule has 1 atom stereocenters. The van der Waals surface area contributed by atoms with E-state index in [2.05, 4.69) is 35.6 Å². The van der Waals surface area contributed by atoms with Gasteiger partial charge in [0.05, 0.1) is 7.11 Å². The van der Waals surface area contributed by atoms with Gasteiger partial charge in [-0.05, 0) is 34.2 Å². The van der Waals surface area contributed by atoms with Gasteiger partial charge >= 0.3 is 5.97 Å². The highest BCUT2D eigenvalue weighted by molar-refractivity contribution is 5.83. The van der Waals surface area contributed by atoms with Crippen LogP contribution in [-0.2, 0) is 27.2 Å². The lowest BCUT2D eigenvalue weighted by molar-refractivity contribution is -0.144. The largest absolute Gasteiger partial charge is 0.467 e. The van der Waals surface area contributed by atoms with Crippen molar-refractivity contribution in [1.29, 1.82) is 0 Å². The number of carbonyl (C=O) groups excluding carboxylic acids is 2. The van der Waals surface area contributed by atoms with E-state index in [0.717, 1.165) is 12.0 Å². The molecular weight excluding hydrogens is 290 g/mol. The molecule has 1 aliphatic rings. The van der Waals surface area contributed by atoms with Crippen molar-refractivity contribution < 1.29 is 14.3 Å². The molecule has 4 heteroatoms. The summed E-state index contributed by atoms with van der Waals surface area (Å²) in [4.78, 5) is 23.1. The Morgan fingerprint density at radius 1 is 1.13 bits per heavy atom. The summed E-state index contributed by atoms with van der Waals surface area (Å²) in [5.74, 6) is -0.669. The molecule has 0 fully saturated rings. The minimum absolute atomic E-state index is 0.242. The number of hydrogen-bond acceptors (Lipinski definition) is 3. The van der Waals surface area contributed by atoms with Gasteiger partial charge in [-0.2, -0.15) is 0 Å². The lowest BCUT2D eigenvalue weighted by atomic mass is 9.99. The van der Waals surface area contributed by atoms with Crippen molar-refractivity contribution in [3.63, 3.8) is 0 Å². The normalized spacial score (nSPS) is 13.0. The van der Waals surface area contributed by atoms with E-state index in [1.54, 1.807) is 0 Å². The maximum atomic E-state index is 11.8. The van der Waals surface area contributed by atoms with Crippen LogP contribution in [0, 0.1) is 0 Å². The van der Waals surface area contributed by atoms with E-state index in [1.165, 1.54) is 36.3 Å². The van der Waals surface area contributed by atoms with E-state index < -0.39 is 12.0 Å². The standard InChI is InChI=1S/C19H19NO3/c1-12(21)20-18(19(22)23-2)10-13-7-8-17-15(9-13)11-14-5-3-4-6-16(14)17/h3-9,18H,10-11H2,1-2H3,(H,20,21)/t18-/m0/s1. The van der Waals surface area contributed by atoms with Crippen molar-refractivity contribution in [2.24, 2.45) is 0 Å². The summed E-state index contributed by atoms with van der Waals surface area (Å²) in [5, 5.41) is 2.65. The number of benzene rings is 2. The van der Waals surface area contributed by atoms with Gasteiger partial charge in [0.2, 0.25) is 5.91 Å². The van der Waals surface area contributed by atoms with E-state index in [-0.39, 0.29) is 5.91 Å². The van der Waals surface area contributed by atoms with Crippen molar-refractivity contribution >= 4 is 11.9 Å². The first-order valence-corrected chi connectivity index (χ1v) is 7.63. The lowest BCUT2D eigenvalue weighted by Gasteiger charge is -2.16. The van der Waals surface area contributed by atoms with Crippen molar-refractivity contribution in [1.82, 2.24) is 5.32 Å². The number of carbonyl (C=O) groups is 2. The third-order valence-corrected chi connectivity index (χ3v) is 4.16. The van der Waals surface area contributed by atoms with Crippen molar-refractivity contribution in [3.8, 4) is 11.1 Å². The number of hydrogen-bond donors (Lipinski definition) is 1. The van der Waals surface area contributed by atoms with Crippen LogP contribution in [0.25, 0.3) is 11.1 Å². The fourth-order valence-electron chi connectivity index (χ4n) is 3.14. The zero-order chi connectivity index (χ0) is 16.4. The quantitative estimate of drug-likeness (QED) is 0.753. The maximum absolute atomic E-state index is 11.8. The topological polar surface area (TPSA) is 55.4 Å². The average Bonchev–Trinajstić information content (AvgIpc) is 2.90. The van der Waals surface area contributed by atoms with Gasteiger partial charge in [-0.25, -0.2) is 4.79 Å². The Hall–Kier alpha value is -2.62. The molecule has 0 aliphatic heterocycles. The molecule has 2 aromatic rings. The molecule has 1 N–H and O–H groups in total. The summed E-state index contributed by atoms with van der Waals surface area (Å²) in [7, 11) is 1.33. The number of methoxy groups -OCH3 is 1. The van der Waals surface area contributed by atoms with Gasteiger partial charge in [-0.15, -0.1) is 0 Å². The molecular formula is C19H19NO3. The Labute approximate surface area is 135 Å². The summed E-state index contributed by atoms with van der Waals surface area (Å²) in [6, 6.07) is 13.9. The summed E-state index contributed by atoms with van der Waals surface area (Å²) in [6.45, 7) is 1.40. The summed E-state index contributed by atoms with van der Waals surface area (Å²) >= 11 is 0. The molecule has 0 heterocycles. The zero-order valence-electron chi connectivity index (χ0n) is 13.3. The van der Waals surface area contributed by atoms with Crippen LogP contribution >= 0.6 is 0 Å². The molecule has 23 heavy (non-hydrogen) atoms. The molecule has 4 nitrogen and oxygen atoms in total. The highest BCUT2D eigenvalue weighted by Crippen LogP contribution is 2.36. The van der Waals surface area contributed by atoms with Gasteiger partial charge in [0.15, 0.2) is 0 Å². The van der Waals surface area contributed by atoms with Crippen molar-refractivity contribution in [3.05, 3.63) is 59.2 Å². The van der Waals surface area contributed by atoms with Crippen LogP contribution in [0.1, 0.15) is 23.6 Å². The monoisotopic (exact) mass is 309 g/mol. The molecule has 0 bridgehead atoms. The zero-order valence-corrected chi connectivity index (χ0v) is 13.3. The van der Waals surface area contributed by atoms with Gasteiger partial charge in [0.1, 0.15) is 6.04 Å². The van der Waals surface area contributed by atoms with Crippen LogP contribution in [0.3, 0.4) is 0 Å². The number of esters is 1. The Balaban J connectivity index is 1.84. The molecule has 0 unspecified atom stereocenters. The first-order chi connectivity index (χ1) is 11.1. The van der Waals surface area contributed by atoms with Crippen molar-refractivity contribution in [2.75, 3.05) is 7.11 Å². The molecule has 0 radical (unpaired) electrons. The minimum atomic E-state index is -0.653. The summed E-state index contributed by atoms with van der Waals surface area (Å²) < 4.78 is 4.78. The fourth-order valence-corrected chi connectivity index (χ4v) is 3.14. The van der Waals surface area contributed by atoms with Gasteiger partial charge in [0.25, 0.3) is 0 Å². The van der Waals surface area contributed by atoms with E-state index in [0.29, 0.717) is 6.42 Å². The van der Waals surface area contributed by atoms with Crippen LogP contribution < -0.4 is 5.32 Å². The molecule has 1 aliphatic carbocycles. The molecule has 118 valence electrons. The predicted molar refractivity (Wildman–Crippen MR) is 88.0 cm³/mol. The van der Waals surface area contributed by atoms with Crippen LogP contribution in [0.4, 0.5) is 0 Å². The second kappa shape index (κ2) is 6.24. The first-order valence-electron chi connectivity index (χ1n) is 7.63. The number of rotatable bonds is 4. The van der Waals surface area contributed by atoms with Gasteiger partial charge in [0, 0.05) is 13.3 Å². The second-order valence-corrected chi connectivity index (χ2v) is 5.81. The third kappa shape index (κ3) is 3.11. The first kappa shape index (κ1) is 15.3. The number of fused-ring (bicyclic) bond motifs is 3. The SMILES string of the molecule is COC(=O)[C@H](Cc1ccc2c(c1)Cc1ccccc1-2)NC(C)=O. The van der Waals surface area contributed by atoms with E-state index in [1.807, 2.05) is 12.1 Å². The predicted octanol–water partition coefficient (Wildman–Crippen LogP) is 2.48. The van der Waals surface area contributed by atoms with Crippen LogP contribution in [0.15, 0.2) is 42.5 Å². The number of amides is 1. The van der Waals surface area contributed by atoms with E-state index in [4.69, 9.17) is 4.74 Å². The molecule has 0 saturated heterocycles. The molecule has 2 aromatic carbocycles. The van der Waals surface area contributed by atoms with Crippen molar-refractivity contribution in [2.45, 2.75) is 25.8 Å². The van der Waals surface area contributed by atoms with Crippen LogP contribution in [-0.4, -0.2) is 25.0 Å². The lowest BCUT2D eigenvalue weighted by Crippen LogP contribution is -2.42. The number of ether oxygens (including phenoxy) is 1. The van der Waals surface area contributed by atoms with Gasteiger partial charge < -0.3 is 10.1 Å². The molecule has 0 aromatic heterocycles. The third-order valence-electron chi connectivity index (χ3n) is 4.16. The van der Waals surface area contributed by atoms with Crippen LogP contribution in [0.5, 0.6) is 0 Å². The maximum Gasteiger partial charge on any atom is 0.328 e. The average molecular weight is 309 g/mol. The van der Waals surface area contributed by atoms with Gasteiger partial charge in [-0.3, -0.25) is 4.79 Å².